The van der Waals surface area contributed by atoms with Crippen LogP contribution in [0.4, 0.5) is 5.69 Å². The molecule has 1 aliphatic rings. The molecule has 0 atom stereocenters. The van der Waals surface area contributed by atoms with Gasteiger partial charge in [0.1, 0.15) is 0 Å². The van der Waals surface area contributed by atoms with E-state index >= 15 is 0 Å². The molecule has 0 bridgehead atoms. The zero-order valence-corrected chi connectivity index (χ0v) is 8.32. The second kappa shape index (κ2) is 3.25. The molecule has 1 aromatic rings. The van der Waals surface area contributed by atoms with E-state index in [0.717, 1.165) is 11.3 Å². The molecule has 0 radical (unpaired) electrons. The van der Waals surface area contributed by atoms with Crippen LogP contribution in [-0.4, -0.2) is 12.1 Å². The maximum Gasteiger partial charge on any atom is 0.252 e. The van der Waals surface area contributed by atoms with Crippen molar-refractivity contribution in [3.05, 3.63) is 29.3 Å². The van der Waals surface area contributed by atoms with E-state index in [1.165, 1.54) is 10.6 Å². The van der Waals surface area contributed by atoms with Crippen LogP contribution in [0.1, 0.15) is 17.5 Å². The van der Waals surface area contributed by atoms with Gasteiger partial charge in [-0.25, -0.2) is 5.01 Å². The Morgan fingerprint density at radius 3 is 2.71 bits per heavy atom. The van der Waals surface area contributed by atoms with Gasteiger partial charge >= 0.3 is 0 Å². The number of carbonyl (C=O) groups is 1. The summed E-state index contributed by atoms with van der Waals surface area (Å²) in [6.07, 6.45) is 2.05. The Labute approximate surface area is 83.0 Å². The van der Waals surface area contributed by atoms with Gasteiger partial charge in [0, 0.05) is 6.21 Å². The first-order chi connectivity index (χ1) is 6.68. The first-order valence-electron chi connectivity index (χ1n) is 4.61. The van der Waals surface area contributed by atoms with Crippen LogP contribution in [0.15, 0.2) is 23.3 Å². The fourth-order valence-electron chi connectivity index (χ4n) is 1.59. The first kappa shape index (κ1) is 8.94. The molecule has 0 fully saturated rings. The van der Waals surface area contributed by atoms with Crippen LogP contribution in [0.5, 0.6) is 0 Å². The van der Waals surface area contributed by atoms with E-state index in [9.17, 15) is 4.79 Å². The Balaban J connectivity index is 2.41. The maximum absolute atomic E-state index is 11.4. The van der Waals surface area contributed by atoms with Gasteiger partial charge in [-0.1, -0.05) is 17.7 Å². The van der Waals surface area contributed by atoms with Crippen molar-refractivity contribution in [2.75, 3.05) is 5.01 Å². The number of rotatable bonds is 1. The summed E-state index contributed by atoms with van der Waals surface area (Å²) in [7, 11) is 0. The molecule has 1 heterocycles. The van der Waals surface area contributed by atoms with Crippen molar-refractivity contribution < 1.29 is 4.79 Å². The van der Waals surface area contributed by atoms with Crippen LogP contribution in [0.25, 0.3) is 0 Å². The number of hydrogen-bond donors (Lipinski definition) is 0. The van der Waals surface area contributed by atoms with E-state index in [0.29, 0.717) is 6.42 Å². The van der Waals surface area contributed by atoms with E-state index < -0.39 is 0 Å². The van der Waals surface area contributed by atoms with Crippen molar-refractivity contribution in [1.82, 2.24) is 0 Å². The molecule has 0 aromatic heterocycles. The summed E-state index contributed by atoms with van der Waals surface area (Å²) in [5.74, 6) is 0.0388. The minimum atomic E-state index is 0.0388. The molecule has 0 saturated heterocycles. The van der Waals surface area contributed by atoms with E-state index in [4.69, 9.17) is 0 Å². The highest BCUT2D eigenvalue weighted by molar-refractivity contribution is 6.05. The molecule has 14 heavy (non-hydrogen) atoms. The fourth-order valence-corrected chi connectivity index (χ4v) is 1.59. The number of amides is 1. The lowest BCUT2D eigenvalue weighted by Crippen LogP contribution is -2.20. The number of nitrogens with zero attached hydrogens (tertiary/aromatic N) is 2. The predicted octanol–water partition coefficient (Wildman–Crippen LogP) is 2.03. The van der Waals surface area contributed by atoms with Crippen molar-refractivity contribution in [3.63, 3.8) is 0 Å². The second-order valence-electron chi connectivity index (χ2n) is 3.50. The quantitative estimate of drug-likeness (QED) is 0.663. The number of aryl methyl sites for hydroxylation is 2. The lowest BCUT2D eigenvalue weighted by Gasteiger charge is -2.14. The van der Waals surface area contributed by atoms with Gasteiger partial charge in [-0.3, -0.25) is 4.79 Å². The van der Waals surface area contributed by atoms with Crippen molar-refractivity contribution in [1.29, 1.82) is 0 Å². The zero-order chi connectivity index (χ0) is 10.1. The molecule has 0 saturated carbocycles. The molecule has 3 heteroatoms. The summed E-state index contributed by atoms with van der Waals surface area (Å²) < 4.78 is 0. The highest BCUT2D eigenvalue weighted by atomic mass is 16.2. The largest absolute Gasteiger partial charge is 0.272 e. The van der Waals surface area contributed by atoms with E-state index in [-0.39, 0.29) is 5.91 Å². The average Bonchev–Trinajstić information content (AvgIpc) is 2.52. The van der Waals surface area contributed by atoms with Crippen LogP contribution in [0, 0.1) is 13.8 Å². The molecule has 2 rings (SSSR count). The van der Waals surface area contributed by atoms with Crippen molar-refractivity contribution in [2.45, 2.75) is 20.3 Å². The summed E-state index contributed by atoms with van der Waals surface area (Å²) in [5.41, 5.74) is 3.16. The van der Waals surface area contributed by atoms with Gasteiger partial charge in [0.05, 0.1) is 12.1 Å². The van der Waals surface area contributed by atoms with Crippen LogP contribution >= 0.6 is 0 Å². The molecule has 0 spiro atoms. The van der Waals surface area contributed by atoms with Gasteiger partial charge < -0.3 is 0 Å². The molecular weight excluding hydrogens is 176 g/mol. The average molecular weight is 188 g/mol. The highest BCUT2D eigenvalue weighted by Crippen LogP contribution is 2.23. The summed E-state index contributed by atoms with van der Waals surface area (Å²) in [5, 5.41) is 5.50. The third-order valence-electron chi connectivity index (χ3n) is 2.28. The van der Waals surface area contributed by atoms with Crippen molar-refractivity contribution in [3.8, 4) is 0 Å². The number of hydrogen-bond acceptors (Lipinski definition) is 2. The summed E-state index contributed by atoms with van der Waals surface area (Å²) >= 11 is 0. The third-order valence-corrected chi connectivity index (χ3v) is 2.28. The van der Waals surface area contributed by atoms with Crippen LogP contribution in [0.3, 0.4) is 0 Å². The monoisotopic (exact) mass is 188 g/mol. The van der Waals surface area contributed by atoms with Crippen molar-refractivity contribution >= 4 is 17.8 Å². The lowest BCUT2D eigenvalue weighted by atomic mass is 10.1. The third kappa shape index (κ3) is 1.41. The van der Waals surface area contributed by atoms with Gasteiger partial charge in [0.2, 0.25) is 0 Å². The molecule has 0 N–H and O–H groups in total. The summed E-state index contributed by atoms with van der Waals surface area (Å²) in [6, 6.07) is 5.98. The topological polar surface area (TPSA) is 32.7 Å². The van der Waals surface area contributed by atoms with Gasteiger partial charge in [-0.15, -0.1) is 0 Å². The molecule has 3 nitrogen and oxygen atoms in total. The maximum atomic E-state index is 11.4. The fraction of sp³-hybridized carbons (Fsp3) is 0.273. The minimum absolute atomic E-state index is 0.0388. The van der Waals surface area contributed by atoms with Gasteiger partial charge in [-0.05, 0) is 25.5 Å². The Kier molecular flexibility index (Phi) is 2.08. The molecular formula is C11H12N2O. The molecule has 1 aliphatic heterocycles. The molecule has 72 valence electrons. The summed E-state index contributed by atoms with van der Waals surface area (Å²) in [4.78, 5) is 11.4. The van der Waals surface area contributed by atoms with Crippen LogP contribution < -0.4 is 5.01 Å². The molecule has 0 unspecified atom stereocenters. The van der Waals surface area contributed by atoms with E-state index in [1.807, 2.05) is 26.0 Å². The number of hydrazone groups is 1. The van der Waals surface area contributed by atoms with E-state index in [2.05, 4.69) is 11.2 Å². The Morgan fingerprint density at radius 1 is 1.36 bits per heavy atom. The lowest BCUT2D eigenvalue weighted by molar-refractivity contribution is -0.116. The van der Waals surface area contributed by atoms with Gasteiger partial charge in [-0.2, -0.15) is 5.10 Å². The number of benzene rings is 1. The molecule has 1 aromatic carbocycles. The van der Waals surface area contributed by atoms with Gasteiger partial charge in [0.15, 0.2) is 0 Å². The zero-order valence-electron chi connectivity index (χ0n) is 8.32. The molecule has 1 amide bonds. The normalized spacial score (nSPS) is 15.3. The Bertz CT molecular complexity index is 410. The second-order valence-corrected chi connectivity index (χ2v) is 3.50. The van der Waals surface area contributed by atoms with Crippen LogP contribution in [0.2, 0.25) is 0 Å². The Morgan fingerprint density at radius 2 is 2.14 bits per heavy atom. The van der Waals surface area contributed by atoms with Crippen molar-refractivity contribution in [2.24, 2.45) is 5.10 Å². The minimum Gasteiger partial charge on any atom is -0.272 e. The first-order valence-corrected chi connectivity index (χ1v) is 4.61. The predicted molar refractivity (Wildman–Crippen MR) is 56.5 cm³/mol. The van der Waals surface area contributed by atoms with Gasteiger partial charge in [0.25, 0.3) is 5.91 Å². The Hall–Kier alpha value is -1.64. The summed E-state index contributed by atoms with van der Waals surface area (Å²) in [6.45, 7) is 4.02. The van der Waals surface area contributed by atoms with Crippen LogP contribution in [-0.2, 0) is 4.79 Å². The van der Waals surface area contributed by atoms with E-state index in [1.54, 1.807) is 6.21 Å². The standard InChI is InChI=1S/C11H12N2O/c1-8-3-4-10(9(2)7-8)13-11(14)5-6-12-13/h3-4,6-7H,5H2,1-2H3. The number of anilines is 1. The highest BCUT2D eigenvalue weighted by Gasteiger charge is 2.19. The number of carbonyl (C=O) groups excluding carboxylic acids is 1. The SMILES string of the molecule is Cc1ccc(N2N=CCC2=O)c(C)c1. The molecule has 0 aliphatic carbocycles. The smallest absolute Gasteiger partial charge is 0.252 e.